The van der Waals surface area contributed by atoms with Gasteiger partial charge >= 0.3 is 17.9 Å². The highest BCUT2D eigenvalue weighted by atomic mass is 16.6. The van der Waals surface area contributed by atoms with Crippen molar-refractivity contribution in [2.24, 2.45) is 0 Å². The Hall–Kier alpha value is -1.79. The van der Waals surface area contributed by atoms with Gasteiger partial charge in [0.1, 0.15) is 13.2 Å². The topological polar surface area (TPSA) is 136 Å². The van der Waals surface area contributed by atoms with Gasteiger partial charge in [-0.25, -0.2) is 0 Å². The summed E-state index contributed by atoms with van der Waals surface area (Å²) in [6, 6.07) is 0. The largest absolute Gasteiger partial charge is 0.481 e. The molecule has 0 fully saturated rings. The number of hydrogen-bond donors (Lipinski definition) is 1. The van der Waals surface area contributed by atoms with Crippen LogP contribution in [0.15, 0.2) is 0 Å². The highest BCUT2D eigenvalue weighted by Crippen LogP contribution is 2.01. The lowest BCUT2D eigenvalue weighted by molar-refractivity contribution is -0.146. The Morgan fingerprint density at radius 2 is 0.800 bits per heavy atom. The maximum absolute atomic E-state index is 11.4. The van der Waals surface area contributed by atoms with Gasteiger partial charge in [0.15, 0.2) is 0 Å². The Balaban J connectivity index is 3.16. The molecule has 0 aliphatic carbocycles. The van der Waals surface area contributed by atoms with E-state index in [1.807, 2.05) is 0 Å². The third-order valence-electron chi connectivity index (χ3n) is 4.48. The van der Waals surface area contributed by atoms with E-state index in [1.54, 1.807) is 0 Å². The Morgan fingerprint density at radius 3 is 1.14 bits per heavy atom. The molecule has 0 amide bonds. The second kappa shape index (κ2) is 26.8. The summed E-state index contributed by atoms with van der Waals surface area (Å²) in [4.78, 5) is 33.2. The van der Waals surface area contributed by atoms with Crippen LogP contribution < -0.4 is 0 Å². The molecule has 35 heavy (non-hydrogen) atoms. The number of unbranched alkanes of at least 4 members (excludes halogenated alkanes) is 3. The molecule has 11 nitrogen and oxygen atoms in total. The van der Waals surface area contributed by atoms with Crippen molar-refractivity contribution in [1.29, 1.82) is 0 Å². The molecule has 0 heterocycles. The van der Waals surface area contributed by atoms with Crippen LogP contribution in [-0.4, -0.2) is 102 Å². The van der Waals surface area contributed by atoms with E-state index in [2.05, 4.69) is 6.92 Å². The normalized spacial score (nSPS) is 10.9. The van der Waals surface area contributed by atoms with Gasteiger partial charge in [-0.05, 0) is 19.3 Å². The third kappa shape index (κ3) is 28.3. The minimum atomic E-state index is -0.863. The summed E-state index contributed by atoms with van der Waals surface area (Å²) in [5, 5.41) is 8.51. The van der Waals surface area contributed by atoms with Crippen molar-refractivity contribution in [1.82, 2.24) is 0 Å². The lowest BCUT2D eigenvalue weighted by Crippen LogP contribution is -2.15. The highest BCUT2D eigenvalue weighted by Gasteiger charge is 2.04. The molecule has 1 N–H and O–H groups in total. The number of carboxylic acid groups (broad SMARTS) is 1. The Labute approximate surface area is 208 Å². The fraction of sp³-hybridized carbons (Fsp3) is 0.875. The Kier molecular flexibility index (Phi) is 25.4. The molecule has 206 valence electrons. The van der Waals surface area contributed by atoms with Crippen LogP contribution in [0.1, 0.15) is 58.3 Å². The Morgan fingerprint density at radius 1 is 0.486 bits per heavy atom. The van der Waals surface area contributed by atoms with Gasteiger partial charge in [0.05, 0.1) is 66.1 Å². The molecule has 0 saturated heterocycles. The van der Waals surface area contributed by atoms with Gasteiger partial charge in [-0.2, -0.15) is 0 Å². The maximum Gasteiger partial charge on any atom is 0.305 e. The summed E-state index contributed by atoms with van der Waals surface area (Å²) in [6.07, 6.45) is 4.70. The quantitative estimate of drug-likeness (QED) is 0.129. The van der Waals surface area contributed by atoms with Gasteiger partial charge in [0.25, 0.3) is 0 Å². The number of aliphatic carboxylic acids is 1. The van der Waals surface area contributed by atoms with E-state index in [1.165, 1.54) is 0 Å². The van der Waals surface area contributed by atoms with Crippen molar-refractivity contribution in [2.75, 3.05) is 79.3 Å². The van der Waals surface area contributed by atoms with E-state index in [9.17, 15) is 14.4 Å². The number of carboxylic acids is 1. The number of ether oxygens (including phenoxy) is 7. The molecule has 0 aromatic heterocycles. The average Bonchev–Trinajstić information content (AvgIpc) is 2.83. The summed E-state index contributed by atoms with van der Waals surface area (Å²) in [6.45, 7) is 6.64. The molecule has 0 radical (unpaired) electrons. The standard InChI is InChI=1S/C24H44O11/c1-2-3-4-8-23(27)34-20-18-32-16-14-30-12-10-29-11-13-31-15-17-33-19-21-35-24(28)9-6-5-7-22(25)26/h2-21H2,1H3,(H,25,26). The predicted octanol–water partition coefficient (Wildman–Crippen LogP) is 2.38. The molecule has 0 aliphatic heterocycles. The second-order valence-corrected chi connectivity index (χ2v) is 7.56. The molecule has 0 aromatic rings. The van der Waals surface area contributed by atoms with Gasteiger partial charge in [-0.3, -0.25) is 14.4 Å². The maximum atomic E-state index is 11.4. The molecule has 0 atom stereocenters. The zero-order valence-corrected chi connectivity index (χ0v) is 21.2. The molecule has 11 heteroatoms. The molecular weight excluding hydrogens is 464 g/mol. The summed E-state index contributed by atoms with van der Waals surface area (Å²) in [5.74, 6) is -1.38. The van der Waals surface area contributed by atoms with Crippen LogP contribution in [0.5, 0.6) is 0 Å². The van der Waals surface area contributed by atoms with E-state index < -0.39 is 5.97 Å². The third-order valence-corrected chi connectivity index (χ3v) is 4.48. The summed E-state index contributed by atoms with van der Waals surface area (Å²) in [5.41, 5.74) is 0. The van der Waals surface area contributed by atoms with E-state index in [0.29, 0.717) is 78.7 Å². The lowest BCUT2D eigenvalue weighted by atomic mass is 10.2. The molecule has 0 unspecified atom stereocenters. The molecule has 0 bridgehead atoms. The second-order valence-electron chi connectivity index (χ2n) is 7.56. The lowest BCUT2D eigenvalue weighted by Gasteiger charge is -2.08. The van der Waals surface area contributed by atoms with Crippen LogP contribution in [0.2, 0.25) is 0 Å². The molecular formula is C24H44O11. The number of rotatable bonds is 27. The summed E-state index contributed by atoms with van der Waals surface area (Å²) in [7, 11) is 0. The minimum Gasteiger partial charge on any atom is -0.481 e. The van der Waals surface area contributed by atoms with Crippen LogP contribution in [0.4, 0.5) is 0 Å². The van der Waals surface area contributed by atoms with Gasteiger partial charge in [0.2, 0.25) is 0 Å². The van der Waals surface area contributed by atoms with Crippen LogP contribution in [0.25, 0.3) is 0 Å². The molecule has 0 rings (SSSR count). The fourth-order valence-corrected chi connectivity index (χ4v) is 2.62. The first-order chi connectivity index (χ1) is 17.1. The first kappa shape index (κ1) is 33.2. The van der Waals surface area contributed by atoms with E-state index in [4.69, 9.17) is 38.3 Å². The van der Waals surface area contributed by atoms with Gasteiger partial charge in [0, 0.05) is 19.3 Å². The fourth-order valence-electron chi connectivity index (χ4n) is 2.62. The van der Waals surface area contributed by atoms with Crippen molar-refractivity contribution in [3.8, 4) is 0 Å². The van der Waals surface area contributed by atoms with Crippen molar-refractivity contribution in [3.05, 3.63) is 0 Å². The first-order valence-corrected chi connectivity index (χ1v) is 12.5. The number of hydrogen-bond acceptors (Lipinski definition) is 10. The number of carbonyl (C=O) groups excluding carboxylic acids is 2. The van der Waals surface area contributed by atoms with Crippen molar-refractivity contribution < 1.29 is 52.6 Å². The zero-order chi connectivity index (χ0) is 25.8. The van der Waals surface area contributed by atoms with Gasteiger partial charge in [-0.1, -0.05) is 19.8 Å². The number of carbonyl (C=O) groups is 3. The molecule has 0 spiro atoms. The monoisotopic (exact) mass is 508 g/mol. The summed E-state index contributed by atoms with van der Waals surface area (Å²) >= 11 is 0. The molecule has 0 aliphatic rings. The van der Waals surface area contributed by atoms with Crippen molar-refractivity contribution >= 4 is 17.9 Å². The van der Waals surface area contributed by atoms with Gasteiger partial charge < -0.3 is 38.3 Å². The van der Waals surface area contributed by atoms with Crippen LogP contribution in [-0.2, 0) is 47.5 Å². The van der Waals surface area contributed by atoms with Crippen LogP contribution >= 0.6 is 0 Å². The SMILES string of the molecule is CCCCCC(=O)OCCOCCOCCOCCOCCOCCOC(=O)CCCCC(=O)O. The zero-order valence-electron chi connectivity index (χ0n) is 21.2. The smallest absolute Gasteiger partial charge is 0.305 e. The molecule has 0 saturated carbocycles. The van der Waals surface area contributed by atoms with E-state index in [0.717, 1.165) is 19.3 Å². The minimum absolute atomic E-state index is 0.0616. The average molecular weight is 509 g/mol. The van der Waals surface area contributed by atoms with Crippen molar-refractivity contribution in [3.63, 3.8) is 0 Å². The molecule has 0 aromatic carbocycles. The van der Waals surface area contributed by atoms with Crippen LogP contribution in [0, 0.1) is 0 Å². The van der Waals surface area contributed by atoms with Crippen molar-refractivity contribution in [2.45, 2.75) is 58.3 Å². The van der Waals surface area contributed by atoms with E-state index in [-0.39, 0.29) is 44.6 Å². The van der Waals surface area contributed by atoms with E-state index >= 15 is 0 Å². The highest BCUT2D eigenvalue weighted by molar-refractivity contribution is 5.70. The first-order valence-electron chi connectivity index (χ1n) is 12.5. The van der Waals surface area contributed by atoms with Crippen LogP contribution in [0.3, 0.4) is 0 Å². The number of esters is 2. The predicted molar refractivity (Wildman–Crippen MR) is 126 cm³/mol. The summed E-state index contributed by atoms with van der Waals surface area (Å²) < 4.78 is 36.8. The Bertz CT molecular complexity index is 514. The van der Waals surface area contributed by atoms with Gasteiger partial charge in [-0.15, -0.1) is 0 Å².